The van der Waals surface area contributed by atoms with E-state index in [9.17, 15) is 23.2 Å². The summed E-state index contributed by atoms with van der Waals surface area (Å²) in [6.07, 6.45) is -0.735. The van der Waals surface area contributed by atoms with Gasteiger partial charge < -0.3 is 24.2 Å². The number of aromatic nitrogens is 2. The van der Waals surface area contributed by atoms with Crippen molar-refractivity contribution in [1.29, 1.82) is 0 Å². The van der Waals surface area contributed by atoms with Gasteiger partial charge in [0.2, 0.25) is 0 Å². The molecule has 0 aliphatic carbocycles. The summed E-state index contributed by atoms with van der Waals surface area (Å²) in [6.45, 7) is 4.61. The fraction of sp³-hybridized carbons (Fsp3) is 0.194. The van der Waals surface area contributed by atoms with E-state index in [-0.39, 0.29) is 45.8 Å². The van der Waals surface area contributed by atoms with Gasteiger partial charge in [-0.3, -0.25) is 9.95 Å². The van der Waals surface area contributed by atoms with E-state index in [0.717, 1.165) is 14.3 Å². The molecular weight excluding hydrogens is 703 g/mol. The van der Waals surface area contributed by atoms with E-state index in [2.05, 4.69) is 15.1 Å². The Labute approximate surface area is 287 Å². The van der Waals surface area contributed by atoms with Crippen molar-refractivity contribution in [2.75, 3.05) is 18.5 Å². The van der Waals surface area contributed by atoms with Gasteiger partial charge in [0, 0.05) is 10.6 Å². The smallest absolute Gasteiger partial charge is 0.415 e. The van der Waals surface area contributed by atoms with E-state index < -0.39 is 38.4 Å². The number of benzene rings is 3. The van der Waals surface area contributed by atoms with E-state index in [1.54, 1.807) is 61.4 Å². The standard InChI is InChI=1S/C31H27N3O10S4/c1-31(2,3)43-30(36)32-20-11-14-24(23(17-20)29(35)42-21-12-9-19(10-13-21)25-18-26(45)47-46-25)40-15-16-41-27-28(34(37)44-33-27)48(38,39)22-7-5-4-6-8-22/h4-14,17-18H,15-16H2,1-3H3,(H,32,36). The van der Waals surface area contributed by atoms with Gasteiger partial charge in [-0.05, 0) is 91.9 Å². The summed E-state index contributed by atoms with van der Waals surface area (Å²) < 4.78 is 53.4. The maximum Gasteiger partial charge on any atom is 0.415 e. The minimum absolute atomic E-state index is 0.0466. The first-order valence-corrected chi connectivity index (χ1v) is 18.1. The summed E-state index contributed by atoms with van der Waals surface area (Å²) in [5.41, 5.74) is 0.337. The third kappa shape index (κ3) is 8.54. The maximum atomic E-state index is 13.4. The zero-order valence-corrected chi connectivity index (χ0v) is 28.8. The zero-order valence-electron chi connectivity index (χ0n) is 25.5. The molecule has 0 unspecified atom stereocenters. The van der Waals surface area contributed by atoms with Gasteiger partial charge in [0.15, 0.2) is 0 Å². The molecule has 0 bridgehead atoms. The molecule has 0 fully saturated rings. The van der Waals surface area contributed by atoms with Crippen LogP contribution in [0.5, 0.6) is 17.4 Å². The van der Waals surface area contributed by atoms with Crippen molar-refractivity contribution >= 4 is 60.5 Å². The number of amides is 1. The molecule has 0 spiro atoms. The number of hydrogen-bond acceptors (Lipinski definition) is 14. The van der Waals surface area contributed by atoms with Crippen LogP contribution >= 0.6 is 32.9 Å². The van der Waals surface area contributed by atoms with Gasteiger partial charge in [-0.2, -0.15) is 0 Å². The molecule has 48 heavy (non-hydrogen) atoms. The van der Waals surface area contributed by atoms with E-state index in [4.69, 9.17) is 31.2 Å². The van der Waals surface area contributed by atoms with Crippen molar-refractivity contribution in [2.45, 2.75) is 36.3 Å². The molecule has 2 heterocycles. The van der Waals surface area contributed by atoms with Gasteiger partial charge >= 0.3 is 23.0 Å². The second kappa shape index (κ2) is 14.5. The minimum Gasteiger partial charge on any atom is -0.489 e. The van der Waals surface area contributed by atoms with Gasteiger partial charge in [-0.15, -0.1) is 0 Å². The van der Waals surface area contributed by atoms with Gasteiger partial charge in [0.25, 0.3) is 9.84 Å². The molecule has 1 amide bonds. The Morgan fingerprint density at radius 1 is 0.979 bits per heavy atom. The van der Waals surface area contributed by atoms with Gasteiger partial charge in [0.05, 0.1) is 10.1 Å². The van der Waals surface area contributed by atoms with Crippen molar-refractivity contribution in [2.24, 2.45) is 0 Å². The molecule has 0 saturated heterocycles. The number of nitrogens with zero attached hydrogens (tertiary/aromatic N) is 2. The van der Waals surface area contributed by atoms with E-state index in [1.165, 1.54) is 52.8 Å². The third-order valence-corrected chi connectivity index (χ3v) is 10.7. The van der Waals surface area contributed by atoms with Crippen LogP contribution in [0.2, 0.25) is 0 Å². The molecular formula is C31H27N3O10S4. The minimum atomic E-state index is -4.32. The van der Waals surface area contributed by atoms with Crippen LogP contribution in [-0.2, 0) is 14.6 Å². The van der Waals surface area contributed by atoms with Crippen LogP contribution in [0.15, 0.2) is 93.4 Å². The fourth-order valence-corrected chi connectivity index (χ4v) is 7.76. The normalized spacial score (nSPS) is 11.5. The predicted molar refractivity (Wildman–Crippen MR) is 178 cm³/mol. The molecule has 5 aromatic rings. The quantitative estimate of drug-likeness (QED) is 0.0382. The molecule has 17 heteroatoms. The van der Waals surface area contributed by atoms with Crippen LogP contribution in [0.4, 0.5) is 10.5 Å². The van der Waals surface area contributed by atoms with Crippen molar-refractivity contribution < 1.29 is 46.5 Å². The molecule has 250 valence electrons. The third-order valence-electron chi connectivity index (χ3n) is 6.09. The molecule has 13 nitrogen and oxygen atoms in total. The van der Waals surface area contributed by atoms with E-state index >= 15 is 0 Å². The van der Waals surface area contributed by atoms with Crippen molar-refractivity contribution in [1.82, 2.24) is 5.16 Å². The number of rotatable bonds is 11. The first-order chi connectivity index (χ1) is 22.8. The lowest BCUT2D eigenvalue weighted by Crippen LogP contribution is -2.31. The van der Waals surface area contributed by atoms with Crippen LogP contribution in [0.1, 0.15) is 31.1 Å². The largest absolute Gasteiger partial charge is 0.489 e. The lowest BCUT2D eigenvalue weighted by molar-refractivity contribution is -0.832. The number of hydrogen-bond donors (Lipinski definition) is 1. The summed E-state index contributed by atoms with van der Waals surface area (Å²) >= 11 is 5.21. The molecule has 5 rings (SSSR count). The molecule has 0 atom stereocenters. The topological polar surface area (TPSA) is 170 Å². The van der Waals surface area contributed by atoms with Gasteiger partial charge in [-0.25, -0.2) is 18.0 Å². The number of carbonyl (C=O) groups excluding carboxylic acids is 2. The van der Waals surface area contributed by atoms with Gasteiger partial charge in [-0.1, -0.05) is 51.1 Å². The number of carbonyl (C=O) groups is 2. The van der Waals surface area contributed by atoms with Crippen LogP contribution in [0.25, 0.3) is 10.4 Å². The number of sulfone groups is 1. The Balaban J connectivity index is 1.31. The lowest BCUT2D eigenvalue weighted by atomic mass is 10.1. The molecule has 0 aliphatic rings. The summed E-state index contributed by atoms with van der Waals surface area (Å²) in [5, 5.41) is 17.3. The first kappa shape index (κ1) is 34.5. The highest BCUT2D eigenvalue weighted by molar-refractivity contribution is 7.91. The Morgan fingerprint density at radius 2 is 1.69 bits per heavy atom. The van der Waals surface area contributed by atoms with Crippen molar-refractivity contribution in [3.8, 4) is 27.8 Å². The fourth-order valence-electron chi connectivity index (χ4n) is 4.07. The monoisotopic (exact) mass is 729 g/mol. The van der Waals surface area contributed by atoms with E-state index in [1.807, 2.05) is 6.07 Å². The van der Waals surface area contributed by atoms with Crippen LogP contribution in [-0.4, -0.2) is 44.5 Å². The van der Waals surface area contributed by atoms with Crippen molar-refractivity contribution in [3.63, 3.8) is 0 Å². The SMILES string of the molecule is CC(C)(C)OC(=O)Nc1ccc(OCCOc2no[n+]([O-])c2S(=O)(=O)c2ccccc2)c(C(=O)Oc2ccc(-c3cc(=S)ss3)cc2)c1. The highest BCUT2D eigenvalue weighted by Crippen LogP contribution is 2.31. The molecule has 0 saturated carbocycles. The number of nitrogens with one attached hydrogen (secondary N) is 1. The Bertz CT molecular complexity index is 2080. The highest BCUT2D eigenvalue weighted by Gasteiger charge is 2.35. The Hall–Kier alpha value is -4.84. The van der Waals surface area contributed by atoms with Crippen LogP contribution in [0, 0.1) is 9.03 Å². The Kier molecular flexibility index (Phi) is 10.4. The molecule has 3 aromatic carbocycles. The summed E-state index contributed by atoms with van der Waals surface area (Å²) in [5.74, 6) is -1.04. The molecule has 0 aliphatic heterocycles. The van der Waals surface area contributed by atoms with Gasteiger partial charge in [0.1, 0.15) is 39.7 Å². The number of anilines is 1. The highest BCUT2D eigenvalue weighted by atomic mass is 32.9. The van der Waals surface area contributed by atoms with Crippen LogP contribution < -0.4 is 24.4 Å². The summed E-state index contributed by atoms with van der Waals surface area (Å²) in [6, 6.07) is 20.3. The first-order valence-electron chi connectivity index (χ1n) is 14.0. The Morgan fingerprint density at radius 3 is 2.35 bits per heavy atom. The van der Waals surface area contributed by atoms with Crippen molar-refractivity contribution in [3.05, 3.63) is 93.5 Å². The second-order valence-corrected chi connectivity index (χ2v) is 15.6. The average molecular weight is 730 g/mol. The summed E-state index contributed by atoms with van der Waals surface area (Å²) in [7, 11) is -1.29. The second-order valence-electron chi connectivity index (χ2n) is 10.8. The molecule has 0 radical (unpaired) electrons. The average Bonchev–Trinajstić information content (AvgIpc) is 3.64. The van der Waals surface area contributed by atoms with E-state index in [0.29, 0.717) is 0 Å². The number of esters is 1. The maximum absolute atomic E-state index is 13.4. The predicted octanol–water partition coefficient (Wildman–Crippen LogP) is 6.68. The zero-order chi connectivity index (χ0) is 34.5. The molecule has 1 N–H and O–H groups in total. The lowest BCUT2D eigenvalue weighted by Gasteiger charge is -2.20. The summed E-state index contributed by atoms with van der Waals surface area (Å²) in [4.78, 5) is 26.4. The van der Waals surface area contributed by atoms with Crippen LogP contribution in [0.3, 0.4) is 0 Å². The number of ether oxygens (including phenoxy) is 4. The molecule has 2 aromatic heterocycles.